The van der Waals surface area contributed by atoms with Crippen molar-refractivity contribution in [1.82, 2.24) is 4.90 Å². The third kappa shape index (κ3) is 6.71. The summed E-state index contributed by atoms with van der Waals surface area (Å²) in [7, 11) is 0. The molecule has 3 nitrogen and oxygen atoms in total. The second kappa shape index (κ2) is 10.6. The van der Waals surface area contributed by atoms with Gasteiger partial charge in [0.1, 0.15) is 11.5 Å². The highest BCUT2D eigenvalue weighted by Crippen LogP contribution is 2.24. The molecule has 0 bridgehead atoms. The van der Waals surface area contributed by atoms with Crippen LogP contribution in [0, 0.1) is 0 Å². The van der Waals surface area contributed by atoms with Crippen LogP contribution in [-0.4, -0.2) is 34.7 Å². The van der Waals surface area contributed by atoms with Crippen molar-refractivity contribution in [1.29, 1.82) is 0 Å². The van der Waals surface area contributed by atoms with E-state index in [0.717, 1.165) is 44.5 Å². The topological polar surface area (TPSA) is 43.7 Å². The highest BCUT2D eigenvalue weighted by atomic mass is 79.9. The molecule has 0 heterocycles. The van der Waals surface area contributed by atoms with E-state index in [-0.39, 0.29) is 22.7 Å². The van der Waals surface area contributed by atoms with Crippen LogP contribution in [0.15, 0.2) is 42.5 Å². The highest BCUT2D eigenvalue weighted by molar-refractivity contribution is 8.93. The van der Waals surface area contributed by atoms with Gasteiger partial charge in [0.25, 0.3) is 0 Å². The third-order valence-corrected chi connectivity index (χ3v) is 4.24. The number of rotatable bonds is 8. The van der Waals surface area contributed by atoms with Crippen LogP contribution in [-0.2, 0) is 12.8 Å². The van der Waals surface area contributed by atoms with Crippen molar-refractivity contribution < 1.29 is 10.2 Å². The lowest BCUT2D eigenvalue weighted by atomic mass is 10.1. The molecule has 0 aliphatic carbocycles. The predicted octanol–water partition coefficient (Wildman–Crippen LogP) is 4.83. The number of benzene rings is 2. The fourth-order valence-electron chi connectivity index (χ4n) is 2.60. The summed E-state index contributed by atoms with van der Waals surface area (Å²) in [5.41, 5.74) is 2.32. The van der Waals surface area contributed by atoms with Gasteiger partial charge in [-0.1, -0.05) is 36.7 Å². The van der Waals surface area contributed by atoms with Gasteiger partial charge in [0.2, 0.25) is 0 Å². The van der Waals surface area contributed by atoms with Crippen molar-refractivity contribution in [3.8, 4) is 11.5 Å². The molecule has 0 aliphatic heterocycles. The quantitative estimate of drug-likeness (QED) is 0.650. The Balaban J connectivity index is 0.00000288. The van der Waals surface area contributed by atoms with Crippen LogP contribution >= 0.6 is 28.6 Å². The molecule has 0 amide bonds. The molecule has 0 aromatic heterocycles. The summed E-state index contributed by atoms with van der Waals surface area (Å²) in [6, 6.07) is 12.9. The Morgan fingerprint density at radius 3 is 2.04 bits per heavy atom. The lowest BCUT2D eigenvalue weighted by Crippen LogP contribution is -2.29. The summed E-state index contributed by atoms with van der Waals surface area (Å²) in [5.74, 6) is 0.456. The minimum atomic E-state index is 0. The molecule has 2 aromatic rings. The number of hydrogen-bond donors (Lipinski definition) is 2. The Morgan fingerprint density at radius 1 is 0.875 bits per heavy atom. The maximum absolute atomic E-state index is 9.68. The maximum Gasteiger partial charge on any atom is 0.134 e. The second-order valence-electron chi connectivity index (χ2n) is 5.79. The largest absolute Gasteiger partial charge is 0.508 e. The molecule has 0 atom stereocenters. The van der Waals surface area contributed by atoms with Crippen LogP contribution in [0.4, 0.5) is 0 Å². The summed E-state index contributed by atoms with van der Waals surface area (Å²) in [6.07, 6.45) is 2.97. The normalized spacial score (nSPS) is 10.6. The van der Waals surface area contributed by atoms with Crippen molar-refractivity contribution in [2.75, 3.05) is 19.6 Å². The van der Waals surface area contributed by atoms with Crippen LogP contribution in [0.3, 0.4) is 0 Å². The van der Waals surface area contributed by atoms with Crippen LogP contribution in [0.1, 0.15) is 24.5 Å². The average Bonchev–Trinajstić information content (AvgIpc) is 2.55. The van der Waals surface area contributed by atoms with Crippen molar-refractivity contribution in [2.24, 2.45) is 0 Å². The number of nitrogens with zero attached hydrogens (tertiary/aromatic N) is 1. The van der Waals surface area contributed by atoms with Crippen LogP contribution in [0.5, 0.6) is 11.5 Å². The Kier molecular flexibility index (Phi) is 9.19. The van der Waals surface area contributed by atoms with Gasteiger partial charge in [0.15, 0.2) is 0 Å². The molecule has 0 saturated heterocycles. The molecule has 5 heteroatoms. The number of hydrogen-bond acceptors (Lipinski definition) is 3. The van der Waals surface area contributed by atoms with E-state index in [4.69, 9.17) is 11.6 Å². The van der Waals surface area contributed by atoms with Gasteiger partial charge in [0, 0.05) is 13.1 Å². The third-order valence-electron chi connectivity index (χ3n) is 3.92. The molecule has 2 rings (SSSR count). The van der Waals surface area contributed by atoms with Crippen molar-refractivity contribution in [2.45, 2.75) is 26.2 Å². The Morgan fingerprint density at radius 2 is 1.46 bits per heavy atom. The minimum Gasteiger partial charge on any atom is -0.508 e. The molecule has 24 heavy (non-hydrogen) atoms. The van der Waals surface area contributed by atoms with E-state index in [1.54, 1.807) is 24.3 Å². The van der Waals surface area contributed by atoms with Gasteiger partial charge in [-0.3, -0.25) is 0 Å². The van der Waals surface area contributed by atoms with Crippen LogP contribution in [0.2, 0.25) is 5.02 Å². The summed E-state index contributed by atoms with van der Waals surface area (Å²) in [4.78, 5) is 2.43. The SMILES string of the molecule is Br.CCCN(CCc1ccc(O)cc1)CCc1ccc(Cl)c(O)c1. The fourth-order valence-corrected chi connectivity index (χ4v) is 2.72. The van der Waals surface area contributed by atoms with E-state index in [1.807, 2.05) is 18.2 Å². The predicted molar refractivity (Wildman–Crippen MR) is 106 cm³/mol. The first kappa shape index (κ1) is 20.8. The monoisotopic (exact) mass is 413 g/mol. The Bertz CT molecular complexity index is 619. The summed E-state index contributed by atoms with van der Waals surface area (Å²) < 4.78 is 0. The molecule has 0 unspecified atom stereocenters. The van der Waals surface area contributed by atoms with Gasteiger partial charge < -0.3 is 15.1 Å². The molecule has 0 fully saturated rings. The lowest BCUT2D eigenvalue weighted by Gasteiger charge is -2.22. The van der Waals surface area contributed by atoms with Gasteiger partial charge >= 0.3 is 0 Å². The van der Waals surface area contributed by atoms with E-state index in [9.17, 15) is 10.2 Å². The van der Waals surface area contributed by atoms with Gasteiger partial charge in [-0.15, -0.1) is 17.0 Å². The first-order chi connectivity index (χ1) is 11.1. The van der Waals surface area contributed by atoms with Crippen molar-refractivity contribution in [3.63, 3.8) is 0 Å². The van der Waals surface area contributed by atoms with E-state index < -0.39 is 0 Å². The van der Waals surface area contributed by atoms with Crippen LogP contribution in [0.25, 0.3) is 0 Å². The minimum absolute atomic E-state index is 0. The Hall–Kier alpha value is -1.23. The maximum atomic E-state index is 9.68. The summed E-state index contributed by atoms with van der Waals surface area (Å²) in [6.45, 7) is 5.17. The zero-order chi connectivity index (χ0) is 16.7. The summed E-state index contributed by atoms with van der Waals surface area (Å²) in [5, 5.41) is 19.4. The standard InChI is InChI=1S/C19H24ClNO2.BrH/c1-2-11-21(12-9-15-3-6-17(22)7-4-15)13-10-16-5-8-18(20)19(23)14-16;/h3-8,14,22-23H,2,9-13H2,1H3;1H. The average molecular weight is 415 g/mol. The molecular formula is C19H25BrClNO2. The van der Waals surface area contributed by atoms with Gasteiger partial charge in [-0.25, -0.2) is 0 Å². The van der Waals surface area contributed by atoms with Gasteiger partial charge in [-0.05, 0) is 61.2 Å². The zero-order valence-corrected chi connectivity index (χ0v) is 16.4. The number of aromatic hydroxyl groups is 2. The first-order valence-electron chi connectivity index (χ1n) is 8.06. The Labute approximate surface area is 159 Å². The van der Waals surface area contributed by atoms with Crippen molar-refractivity contribution >= 4 is 28.6 Å². The molecule has 0 radical (unpaired) electrons. The van der Waals surface area contributed by atoms with Gasteiger partial charge in [0.05, 0.1) is 5.02 Å². The van der Waals surface area contributed by atoms with E-state index in [2.05, 4.69) is 11.8 Å². The number of phenols is 2. The molecule has 132 valence electrons. The molecular weight excluding hydrogens is 390 g/mol. The molecule has 0 aliphatic rings. The van der Waals surface area contributed by atoms with E-state index >= 15 is 0 Å². The zero-order valence-electron chi connectivity index (χ0n) is 13.9. The number of phenolic OH excluding ortho intramolecular Hbond substituents is 2. The second-order valence-corrected chi connectivity index (χ2v) is 6.20. The lowest BCUT2D eigenvalue weighted by molar-refractivity contribution is 0.281. The molecule has 2 N–H and O–H groups in total. The summed E-state index contributed by atoms with van der Waals surface area (Å²) >= 11 is 5.84. The smallest absolute Gasteiger partial charge is 0.134 e. The fraction of sp³-hybridized carbons (Fsp3) is 0.368. The molecule has 0 saturated carbocycles. The molecule has 2 aromatic carbocycles. The number of halogens is 2. The van der Waals surface area contributed by atoms with E-state index in [0.29, 0.717) is 10.8 Å². The van der Waals surface area contributed by atoms with Crippen molar-refractivity contribution in [3.05, 3.63) is 58.6 Å². The first-order valence-corrected chi connectivity index (χ1v) is 8.44. The molecule has 0 spiro atoms. The van der Waals surface area contributed by atoms with Gasteiger partial charge in [-0.2, -0.15) is 0 Å². The highest BCUT2D eigenvalue weighted by Gasteiger charge is 2.06. The van der Waals surface area contributed by atoms with E-state index in [1.165, 1.54) is 5.56 Å². The van der Waals surface area contributed by atoms with Crippen LogP contribution < -0.4 is 0 Å².